The van der Waals surface area contributed by atoms with Gasteiger partial charge in [-0.3, -0.25) is 5.32 Å². The monoisotopic (exact) mass is 687 g/mol. The van der Waals surface area contributed by atoms with E-state index in [1.165, 1.54) is 53.1 Å². The van der Waals surface area contributed by atoms with Gasteiger partial charge in [-0.05, 0) is 71.5 Å². The lowest BCUT2D eigenvalue weighted by Crippen LogP contribution is -2.45. The number of allylic oxidation sites excluding steroid dienone is 2. The van der Waals surface area contributed by atoms with Crippen LogP contribution in [0.2, 0.25) is 0 Å². The van der Waals surface area contributed by atoms with Gasteiger partial charge in [0, 0.05) is 47.8 Å². The van der Waals surface area contributed by atoms with Crippen molar-refractivity contribution in [3.8, 4) is 22.9 Å². The first-order valence-corrected chi connectivity index (χ1v) is 18.5. The predicted molar refractivity (Wildman–Crippen MR) is 216 cm³/mol. The highest BCUT2D eigenvalue weighted by atomic mass is 32.1. The van der Waals surface area contributed by atoms with Crippen LogP contribution in [-0.2, 0) is 0 Å². The number of benzene rings is 6. The second kappa shape index (κ2) is 12.5. The molecule has 10 rings (SSSR count). The summed E-state index contributed by atoms with van der Waals surface area (Å²) in [6.07, 6.45) is 5.34. The fourth-order valence-electron chi connectivity index (χ4n) is 7.85. The zero-order valence-electron chi connectivity index (χ0n) is 28.3. The highest BCUT2D eigenvalue weighted by Crippen LogP contribution is 2.42. The Morgan fingerprint density at radius 2 is 1.48 bits per heavy atom. The minimum absolute atomic E-state index is 0.180. The number of rotatable bonds is 5. The fraction of sp³-hybridized carbons (Fsp3) is 0.0870. The van der Waals surface area contributed by atoms with Gasteiger partial charge in [0.15, 0.2) is 0 Å². The molecule has 6 aromatic carbocycles. The number of nitrogens with one attached hydrogen (secondary N) is 2. The molecule has 0 bridgehead atoms. The van der Waals surface area contributed by atoms with Crippen LogP contribution in [0.5, 0.6) is 0 Å². The molecule has 2 atom stereocenters. The van der Waals surface area contributed by atoms with Crippen molar-refractivity contribution in [3.63, 3.8) is 0 Å². The van der Waals surface area contributed by atoms with E-state index in [1.54, 1.807) is 0 Å². The molecule has 0 spiro atoms. The summed E-state index contributed by atoms with van der Waals surface area (Å²) in [4.78, 5) is 5.08. The molecule has 0 radical (unpaired) electrons. The largest absolute Gasteiger partial charge is 0.350 e. The van der Waals surface area contributed by atoms with Crippen LogP contribution in [-0.4, -0.2) is 10.4 Å². The number of hydrogen-bond donors (Lipinski definition) is 2. The third kappa shape index (κ3) is 5.13. The number of para-hydroxylation sites is 1. The first-order valence-electron chi connectivity index (χ1n) is 17.7. The quantitative estimate of drug-likeness (QED) is 0.189. The molecular weight excluding hydrogens is 655 g/mol. The molecule has 2 aromatic heterocycles. The van der Waals surface area contributed by atoms with Crippen molar-refractivity contribution in [3.05, 3.63) is 174 Å². The van der Waals surface area contributed by atoms with Crippen LogP contribution in [0.3, 0.4) is 0 Å². The molecular formula is C46H33N5S. The van der Waals surface area contributed by atoms with Crippen LogP contribution in [0.25, 0.3) is 58.8 Å². The van der Waals surface area contributed by atoms with Crippen molar-refractivity contribution < 1.29 is 0 Å². The van der Waals surface area contributed by atoms with Gasteiger partial charge >= 0.3 is 0 Å². The van der Waals surface area contributed by atoms with Gasteiger partial charge in [-0.15, -0.1) is 11.3 Å². The number of aliphatic imine (C=N–C) groups is 1. The maximum absolute atomic E-state index is 9.63. The Morgan fingerprint density at radius 1 is 0.712 bits per heavy atom. The SMILES string of the molecule is N#CC1=CC(C2=NC(c3ccccc3)NC(c3ccc(-n4c5ccccc5c5ccc(-c6cccc7c6sc6ccccc67)cc54)cc3)N2)=CCC1. The molecule has 5 nitrogen and oxygen atoms in total. The molecule has 248 valence electrons. The fourth-order valence-corrected chi connectivity index (χ4v) is 9.08. The third-order valence-corrected chi connectivity index (χ3v) is 11.6. The number of aromatic nitrogens is 1. The van der Waals surface area contributed by atoms with Crippen LogP contribution in [0, 0.1) is 11.3 Å². The van der Waals surface area contributed by atoms with Gasteiger partial charge in [0.1, 0.15) is 18.2 Å². The maximum atomic E-state index is 9.63. The molecule has 2 aliphatic rings. The Hall–Kier alpha value is -6.26. The number of hydrogen-bond acceptors (Lipinski definition) is 5. The minimum atomic E-state index is -0.231. The summed E-state index contributed by atoms with van der Waals surface area (Å²) in [5.41, 5.74) is 9.90. The van der Waals surface area contributed by atoms with E-state index < -0.39 is 0 Å². The number of nitriles is 1. The van der Waals surface area contributed by atoms with Crippen molar-refractivity contribution in [2.24, 2.45) is 4.99 Å². The Morgan fingerprint density at radius 3 is 2.35 bits per heavy atom. The van der Waals surface area contributed by atoms with E-state index in [-0.39, 0.29) is 12.3 Å². The first-order chi connectivity index (χ1) is 25.7. The normalized spacial score (nSPS) is 17.5. The van der Waals surface area contributed by atoms with E-state index in [1.807, 2.05) is 35.6 Å². The van der Waals surface area contributed by atoms with Gasteiger partial charge in [0.05, 0.1) is 17.1 Å². The lowest BCUT2D eigenvalue weighted by atomic mass is 9.98. The van der Waals surface area contributed by atoms with Crippen molar-refractivity contribution in [2.45, 2.75) is 25.2 Å². The van der Waals surface area contributed by atoms with Crippen LogP contribution < -0.4 is 10.6 Å². The summed E-state index contributed by atoms with van der Waals surface area (Å²) in [5.74, 6) is 0.803. The van der Waals surface area contributed by atoms with Gasteiger partial charge in [-0.25, -0.2) is 4.99 Å². The number of thiophene rings is 1. The molecule has 0 saturated heterocycles. The lowest BCUT2D eigenvalue weighted by molar-refractivity contribution is 0.409. The third-order valence-electron chi connectivity index (χ3n) is 10.4. The van der Waals surface area contributed by atoms with Crippen molar-refractivity contribution in [2.75, 3.05) is 0 Å². The van der Waals surface area contributed by atoms with Gasteiger partial charge < -0.3 is 9.88 Å². The van der Waals surface area contributed by atoms with E-state index in [0.717, 1.165) is 46.6 Å². The van der Waals surface area contributed by atoms with Gasteiger partial charge in [0.25, 0.3) is 0 Å². The Labute approximate surface area is 305 Å². The molecule has 1 aliphatic carbocycles. The van der Waals surface area contributed by atoms with Crippen molar-refractivity contribution in [1.29, 1.82) is 5.26 Å². The van der Waals surface area contributed by atoms with Crippen molar-refractivity contribution in [1.82, 2.24) is 15.2 Å². The summed E-state index contributed by atoms with van der Waals surface area (Å²) in [7, 11) is 0. The van der Waals surface area contributed by atoms with E-state index in [4.69, 9.17) is 4.99 Å². The Kier molecular flexibility index (Phi) is 7.35. The Bertz CT molecular complexity index is 2810. The lowest BCUT2D eigenvalue weighted by Gasteiger charge is -2.33. The van der Waals surface area contributed by atoms with Crippen LogP contribution >= 0.6 is 11.3 Å². The summed E-state index contributed by atoms with van der Waals surface area (Å²) in [6, 6.07) is 52.5. The second-order valence-corrected chi connectivity index (χ2v) is 14.5. The molecule has 2 unspecified atom stereocenters. The standard InChI is InChI=1S/C46H33N5S/c47-28-29-10-8-13-33(26-29)46-49-44(30-11-2-1-3-12-30)48-45(50-46)31-20-23-34(24-21-31)51-40-18-6-4-14-36(40)37-25-22-32(27-41(37)51)35-16-9-17-39-38-15-5-7-19-42(38)52-43(35)39/h1-7,9,11-27,44-45,48H,8,10H2,(H,49,50). The summed E-state index contributed by atoms with van der Waals surface area (Å²) in [6.45, 7) is 0. The average molecular weight is 688 g/mol. The molecule has 52 heavy (non-hydrogen) atoms. The number of nitrogens with zero attached hydrogens (tertiary/aromatic N) is 3. The molecule has 1 aliphatic heterocycles. The van der Waals surface area contributed by atoms with E-state index >= 15 is 0 Å². The van der Waals surface area contributed by atoms with E-state index in [9.17, 15) is 5.26 Å². The van der Waals surface area contributed by atoms with Crippen LogP contribution in [0.4, 0.5) is 0 Å². The zero-order chi connectivity index (χ0) is 34.6. The first kappa shape index (κ1) is 30.6. The molecule has 3 heterocycles. The number of fused-ring (bicyclic) bond motifs is 6. The highest BCUT2D eigenvalue weighted by Gasteiger charge is 2.27. The topological polar surface area (TPSA) is 65.1 Å². The zero-order valence-corrected chi connectivity index (χ0v) is 29.1. The molecule has 8 aromatic rings. The molecule has 2 N–H and O–H groups in total. The van der Waals surface area contributed by atoms with Crippen molar-refractivity contribution >= 4 is 59.2 Å². The maximum Gasteiger partial charge on any atom is 0.131 e. The van der Waals surface area contributed by atoms with Crippen LogP contribution in [0.1, 0.15) is 36.3 Å². The molecule has 6 heteroatoms. The highest BCUT2D eigenvalue weighted by molar-refractivity contribution is 7.26. The summed E-state index contributed by atoms with van der Waals surface area (Å²) < 4.78 is 5.03. The van der Waals surface area contributed by atoms with E-state index in [0.29, 0.717) is 0 Å². The average Bonchev–Trinajstić information content (AvgIpc) is 3.77. The van der Waals surface area contributed by atoms with Gasteiger partial charge in [-0.2, -0.15) is 5.26 Å². The number of amidine groups is 1. The van der Waals surface area contributed by atoms with Gasteiger partial charge in [-0.1, -0.05) is 115 Å². The molecule has 0 fully saturated rings. The Balaban J connectivity index is 1.05. The molecule has 0 amide bonds. The predicted octanol–water partition coefficient (Wildman–Crippen LogP) is 11.3. The minimum Gasteiger partial charge on any atom is -0.350 e. The summed E-state index contributed by atoms with van der Waals surface area (Å²) in [5, 5.41) is 22.1. The second-order valence-electron chi connectivity index (χ2n) is 13.5. The van der Waals surface area contributed by atoms with Gasteiger partial charge in [0.2, 0.25) is 0 Å². The van der Waals surface area contributed by atoms with E-state index in [2.05, 4.69) is 149 Å². The van der Waals surface area contributed by atoms with Crippen LogP contribution in [0.15, 0.2) is 168 Å². The summed E-state index contributed by atoms with van der Waals surface area (Å²) >= 11 is 1.87. The molecule has 0 saturated carbocycles. The smallest absolute Gasteiger partial charge is 0.131 e.